The number of imidazole rings is 1. The molecule has 8 heteroatoms. The summed E-state index contributed by atoms with van der Waals surface area (Å²) >= 11 is 0. The van der Waals surface area contributed by atoms with Crippen LogP contribution in [0.1, 0.15) is 34.3 Å². The van der Waals surface area contributed by atoms with Gasteiger partial charge < -0.3 is 15.0 Å². The largest absolute Gasteiger partial charge is 0.416 e. The summed E-state index contributed by atoms with van der Waals surface area (Å²) in [4.78, 5) is 16.4. The summed E-state index contributed by atoms with van der Waals surface area (Å²) < 4.78 is 40.1. The van der Waals surface area contributed by atoms with Crippen molar-refractivity contribution in [1.82, 2.24) is 14.9 Å². The Morgan fingerprint density at radius 3 is 2.77 bits per heavy atom. The van der Waals surface area contributed by atoms with Crippen LogP contribution < -0.4 is 5.32 Å². The second-order valence-corrected chi connectivity index (χ2v) is 6.77. The number of rotatable bonds is 4. The van der Waals surface area contributed by atoms with E-state index in [4.69, 9.17) is 0 Å². The molecule has 1 amide bonds. The van der Waals surface area contributed by atoms with Crippen LogP contribution in [-0.2, 0) is 12.7 Å². The molecule has 5 nitrogen and oxygen atoms in total. The van der Waals surface area contributed by atoms with Crippen molar-refractivity contribution < 1.29 is 23.1 Å². The number of hydrogen-bond acceptors (Lipinski definition) is 3. The van der Waals surface area contributed by atoms with Gasteiger partial charge in [-0.1, -0.05) is 0 Å². The molecule has 3 atom stereocenters. The number of halogens is 3. The number of hydrogen-bond donors (Lipinski definition) is 2. The SMILES string of the molecule is Cc1cc(C(F)(F)F)ccc1C(=O)N[C@@H]1CC(Cn2ccnc2)C[C@H]1O. The molecule has 2 aromatic rings. The van der Waals surface area contributed by atoms with E-state index in [0.29, 0.717) is 19.4 Å². The van der Waals surface area contributed by atoms with Gasteiger partial charge in [-0.2, -0.15) is 13.2 Å². The van der Waals surface area contributed by atoms with Crippen LogP contribution in [0.4, 0.5) is 13.2 Å². The molecule has 0 saturated heterocycles. The normalized spacial score (nSPS) is 23.2. The predicted molar refractivity (Wildman–Crippen MR) is 88.4 cm³/mol. The zero-order chi connectivity index (χ0) is 18.9. The van der Waals surface area contributed by atoms with Crippen LogP contribution in [0.2, 0.25) is 0 Å². The molecule has 1 aliphatic rings. The first kappa shape index (κ1) is 18.4. The third-order valence-corrected chi connectivity index (χ3v) is 4.77. The highest BCUT2D eigenvalue weighted by molar-refractivity contribution is 5.96. The molecule has 0 aliphatic heterocycles. The Hall–Kier alpha value is -2.35. The van der Waals surface area contributed by atoms with Crippen molar-refractivity contribution in [2.45, 2.75) is 44.6 Å². The summed E-state index contributed by atoms with van der Waals surface area (Å²) in [7, 11) is 0. The van der Waals surface area contributed by atoms with Crippen LogP contribution in [0.15, 0.2) is 36.9 Å². The van der Waals surface area contributed by atoms with Crippen LogP contribution >= 0.6 is 0 Å². The number of aliphatic hydroxyl groups is 1. The Balaban J connectivity index is 1.64. The summed E-state index contributed by atoms with van der Waals surface area (Å²) in [5.74, 6) is -0.276. The number of nitrogens with one attached hydrogen (secondary N) is 1. The highest BCUT2D eigenvalue weighted by atomic mass is 19.4. The molecule has 140 valence electrons. The summed E-state index contributed by atoms with van der Waals surface area (Å²) in [5, 5.41) is 13.0. The molecule has 1 saturated carbocycles. The minimum atomic E-state index is -4.44. The van der Waals surface area contributed by atoms with Crippen molar-refractivity contribution in [1.29, 1.82) is 0 Å². The van der Waals surface area contributed by atoms with Crippen molar-refractivity contribution in [2.75, 3.05) is 0 Å². The van der Waals surface area contributed by atoms with E-state index in [1.165, 1.54) is 13.0 Å². The van der Waals surface area contributed by atoms with E-state index < -0.39 is 29.8 Å². The average Bonchev–Trinajstić information content (AvgIpc) is 3.17. The standard InChI is InChI=1S/C18H20F3N3O2/c1-11-6-13(18(19,20)21)2-3-14(11)17(26)23-15-7-12(8-16(15)25)9-24-5-4-22-10-24/h2-6,10,12,15-16,25H,7-9H2,1H3,(H,23,26)/t12?,15-,16-/m1/s1. The Kier molecular flexibility index (Phi) is 5.04. The summed E-state index contributed by atoms with van der Waals surface area (Å²) in [6.45, 7) is 2.17. The quantitative estimate of drug-likeness (QED) is 0.873. The molecule has 0 bridgehead atoms. The number of benzene rings is 1. The van der Waals surface area contributed by atoms with Gasteiger partial charge in [0.2, 0.25) is 0 Å². The molecule has 1 aromatic carbocycles. The third kappa shape index (κ3) is 4.07. The van der Waals surface area contributed by atoms with Crippen LogP contribution in [-0.4, -0.2) is 32.7 Å². The van der Waals surface area contributed by atoms with Gasteiger partial charge >= 0.3 is 6.18 Å². The lowest BCUT2D eigenvalue weighted by molar-refractivity contribution is -0.137. The number of aromatic nitrogens is 2. The number of aliphatic hydroxyl groups excluding tert-OH is 1. The topological polar surface area (TPSA) is 67.2 Å². The maximum atomic E-state index is 12.7. The van der Waals surface area contributed by atoms with Gasteiger partial charge in [0, 0.05) is 24.5 Å². The van der Waals surface area contributed by atoms with Gasteiger partial charge in [0.25, 0.3) is 5.91 Å². The molecule has 1 unspecified atom stereocenters. The smallest absolute Gasteiger partial charge is 0.391 e. The third-order valence-electron chi connectivity index (χ3n) is 4.77. The number of alkyl halides is 3. The van der Waals surface area contributed by atoms with E-state index in [-0.39, 0.29) is 17.0 Å². The van der Waals surface area contributed by atoms with Crippen LogP contribution in [0.5, 0.6) is 0 Å². The van der Waals surface area contributed by atoms with Gasteiger partial charge in [-0.3, -0.25) is 4.79 Å². The Labute approximate surface area is 148 Å². The molecular formula is C18H20F3N3O2. The Morgan fingerprint density at radius 1 is 1.38 bits per heavy atom. The molecule has 1 aliphatic carbocycles. The maximum absolute atomic E-state index is 12.7. The number of carbonyl (C=O) groups excluding carboxylic acids is 1. The fraction of sp³-hybridized carbons (Fsp3) is 0.444. The van der Waals surface area contributed by atoms with Gasteiger partial charge in [0.05, 0.1) is 24.0 Å². The second kappa shape index (κ2) is 7.11. The summed E-state index contributed by atoms with van der Waals surface area (Å²) in [6.07, 6.45) is 1.25. The monoisotopic (exact) mass is 367 g/mol. The zero-order valence-corrected chi connectivity index (χ0v) is 14.2. The lowest BCUT2D eigenvalue weighted by Crippen LogP contribution is -2.40. The molecule has 26 heavy (non-hydrogen) atoms. The van der Waals surface area contributed by atoms with Gasteiger partial charge in [-0.25, -0.2) is 4.98 Å². The first-order valence-corrected chi connectivity index (χ1v) is 8.36. The van der Waals surface area contributed by atoms with E-state index in [0.717, 1.165) is 12.1 Å². The summed E-state index contributed by atoms with van der Waals surface area (Å²) in [6, 6.07) is 2.62. The van der Waals surface area contributed by atoms with Crippen molar-refractivity contribution in [2.24, 2.45) is 5.92 Å². The summed E-state index contributed by atoms with van der Waals surface area (Å²) in [5.41, 5.74) is -0.351. The van der Waals surface area contributed by atoms with Crippen molar-refractivity contribution in [3.63, 3.8) is 0 Å². The predicted octanol–water partition coefficient (Wildman–Crippen LogP) is 2.78. The van der Waals surface area contributed by atoms with Crippen LogP contribution in [0.25, 0.3) is 0 Å². The van der Waals surface area contributed by atoms with Gasteiger partial charge in [-0.05, 0) is 49.4 Å². The van der Waals surface area contributed by atoms with E-state index in [9.17, 15) is 23.1 Å². The fourth-order valence-corrected chi connectivity index (χ4v) is 3.46. The first-order valence-electron chi connectivity index (χ1n) is 8.36. The van der Waals surface area contributed by atoms with E-state index in [2.05, 4.69) is 10.3 Å². The molecule has 1 heterocycles. The van der Waals surface area contributed by atoms with Gasteiger partial charge in [0.1, 0.15) is 0 Å². The van der Waals surface area contributed by atoms with Gasteiger partial charge in [0.15, 0.2) is 0 Å². The maximum Gasteiger partial charge on any atom is 0.416 e. The number of carbonyl (C=O) groups is 1. The minimum Gasteiger partial charge on any atom is -0.391 e. The number of aryl methyl sites for hydroxylation is 1. The van der Waals surface area contributed by atoms with Crippen molar-refractivity contribution in [3.05, 3.63) is 53.6 Å². The van der Waals surface area contributed by atoms with Crippen molar-refractivity contribution >= 4 is 5.91 Å². The number of nitrogens with zero attached hydrogens (tertiary/aromatic N) is 2. The zero-order valence-electron chi connectivity index (χ0n) is 14.2. The molecule has 2 N–H and O–H groups in total. The molecule has 0 radical (unpaired) electrons. The van der Waals surface area contributed by atoms with Crippen LogP contribution in [0.3, 0.4) is 0 Å². The highest BCUT2D eigenvalue weighted by Gasteiger charge is 2.35. The molecule has 0 spiro atoms. The molecule has 1 aromatic heterocycles. The van der Waals surface area contributed by atoms with Gasteiger partial charge in [-0.15, -0.1) is 0 Å². The van der Waals surface area contributed by atoms with E-state index in [1.807, 2.05) is 10.8 Å². The molecule has 1 fully saturated rings. The average molecular weight is 367 g/mol. The Morgan fingerprint density at radius 2 is 2.15 bits per heavy atom. The van der Waals surface area contributed by atoms with E-state index in [1.54, 1.807) is 12.5 Å². The molecule has 3 rings (SSSR count). The first-order chi connectivity index (χ1) is 12.2. The minimum absolute atomic E-state index is 0.184. The Bertz CT molecular complexity index is 774. The fourth-order valence-electron chi connectivity index (χ4n) is 3.46. The second-order valence-electron chi connectivity index (χ2n) is 6.77. The van der Waals surface area contributed by atoms with Crippen molar-refractivity contribution in [3.8, 4) is 0 Å². The lowest BCUT2D eigenvalue weighted by Gasteiger charge is -2.18. The number of amides is 1. The van der Waals surface area contributed by atoms with Crippen LogP contribution in [0, 0.1) is 12.8 Å². The lowest BCUT2D eigenvalue weighted by atomic mass is 10.0. The molecular weight excluding hydrogens is 347 g/mol. The highest BCUT2D eigenvalue weighted by Crippen LogP contribution is 2.31. The van der Waals surface area contributed by atoms with E-state index >= 15 is 0 Å².